The third-order valence-electron chi connectivity index (χ3n) is 2.71. The van der Waals surface area contributed by atoms with Crippen molar-refractivity contribution in [2.45, 2.75) is 6.54 Å². The van der Waals surface area contributed by atoms with Gasteiger partial charge in [-0.15, -0.1) is 11.3 Å². The van der Waals surface area contributed by atoms with Gasteiger partial charge in [0.2, 0.25) is 0 Å². The van der Waals surface area contributed by atoms with Crippen molar-refractivity contribution in [2.75, 3.05) is 5.73 Å². The number of halogens is 1. The van der Waals surface area contributed by atoms with Crippen LogP contribution in [0, 0.1) is 0 Å². The third kappa shape index (κ3) is 1.85. The third-order valence-corrected chi connectivity index (χ3v) is 4.34. The lowest BCUT2D eigenvalue weighted by Gasteiger charge is -2.03. The number of hydrogen-bond acceptors (Lipinski definition) is 3. The number of hydrogen-bond donors (Lipinski definition) is 1. The highest BCUT2D eigenvalue weighted by Crippen LogP contribution is 2.27. The molecule has 0 aliphatic rings. The van der Waals surface area contributed by atoms with Crippen LogP contribution in [0.4, 0.5) is 5.82 Å². The van der Waals surface area contributed by atoms with Gasteiger partial charge in [0.1, 0.15) is 5.82 Å². The fraction of sp³-hybridized carbons (Fsp3) is 0.0833. The smallest absolute Gasteiger partial charge is 0.136 e. The fourth-order valence-electron chi connectivity index (χ4n) is 1.81. The summed E-state index contributed by atoms with van der Waals surface area (Å²) < 4.78 is 3.95. The highest BCUT2D eigenvalue weighted by Gasteiger charge is 2.08. The van der Waals surface area contributed by atoms with Gasteiger partial charge < -0.3 is 5.73 Å². The molecule has 3 aromatic rings. The zero-order chi connectivity index (χ0) is 11.8. The van der Waals surface area contributed by atoms with Crippen LogP contribution in [0.15, 0.2) is 40.3 Å². The summed E-state index contributed by atoms with van der Waals surface area (Å²) in [5, 5.41) is 7.69. The van der Waals surface area contributed by atoms with E-state index in [1.54, 1.807) is 22.2 Å². The Bertz CT molecular complexity index is 671. The summed E-state index contributed by atoms with van der Waals surface area (Å²) >= 11 is 5.12. The molecule has 2 aromatic heterocycles. The van der Waals surface area contributed by atoms with E-state index in [0.717, 1.165) is 4.47 Å². The summed E-state index contributed by atoms with van der Waals surface area (Å²) in [6.07, 6.45) is 1.73. The van der Waals surface area contributed by atoms with E-state index in [4.69, 9.17) is 5.73 Å². The number of nitrogens with two attached hydrogens (primary N) is 1. The molecule has 0 fully saturated rings. The molecule has 0 radical (unpaired) electrons. The van der Waals surface area contributed by atoms with E-state index in [1.165, 1.54) is 15.6 Å². The molecule has 3 rings (SSSR count). The Morgan fingerprint density at radius 1 is 1.35 bits per heavy atom. The van der Waals surface area contributed by atoms with Crippen LogP contribution in [0.25, 0.3) is 10.1 Å². The van der Waals surface area contributed by atoms with Gasteiger partial charge in [0.25, 0.3) is 0 Å². The van der Waals surface area contributed by atoms with Crippen LogP contribution in [0.1, 0.15) is 5.56 Å². The van der Waals surface area contributed by atoms with Gasteiger partial charge in [-0.2, -0.15) is 5.10 Å². The topological polar surface area (TPSA) is 43.8 Å². The monoisotopic (exact) mass is 307 g/mol. The average Bonchev–Trinajstić information content (AvgIpc) is 2.89. The predicted octanol–water partition coefficient (Wildman–Crippen LogP) is 3.49. The van der Waals surface area contributed by atoms with Gasteiger partial charge in [0.05, 0.1) is 17.2 Å². The second kappa shape index (κ2) is 4.16. The lowest BCUT2D eigenvalue weighted by molar-refractivity contribution is 0.702. The van der Waals surface area contributed by atoms with E-state index >= 15 is 0 Å². The molecule has 5 heteroatoms. The molecule has 2 N–H and O–H groups in total. The van der Waals surface area contributed by atoms with E-state index in [9.17, 15) is 0 Å². The molecule has 0 saturated heterocycles. The van der Waals surface area contributed by atoms with Crippen LogP contribution in [-0.4, -0.2) is 9.78 Å². The Labute approximate surface area is 111 Å². The minimum Gasteiger partial charge on any atom is -0.383 e. The Balaban J connectivity index is 2.03. The molecule has 86 valence electrons. The van der Waals surface area contributed by atoms with Crippen molar-refractivity contribution < 1.29 is 0 Å². The summed E-state index contributed by atoms with van der Waals surface area (Å²) in [5.41, 5.74) is 7.18. The summed E-state index contributed by atoms with van der Waals surface area (Å²) in [6, 6.07) is 8.38. The maximum Gasteiger partial charge on any atom is 0.136 e. The first-order valence-electron chi connectivity index (χ1n) is 5.17. The molecular formula is C12H10BrN3S. The standard InChI is InChI=1S/C12H10BrN3S/c13-10-5-15-16(12(10)14)6-8-7-17-11-4-2-1-3-9(8)11/h1-5,7H,6,14H2. The van der Waals surface area contributed by atoms with Crippen LogP contribution >= 0.6 is 27.3 Å². The molecule has 17 heavy (non-hydrogen) atoms. The maximum absolute atomic E-state index is 5.92. The zero-order valence-corrected chi connectivity index (χ0v) is 11.3. The van der Waals surface area contributed by atoms with Crippen LogP contribution in [-0.2, 0) is 6.54 Å². The largest absolute Gasteiger partial charge is 0.383 e. The Kier molecular flexibility index (Phi) is 2.64. The molecule has 0 saturated carbocycles. The molecular weight excluding hydrogens is 298 g/mol. The minimum atomic E-state index is 0.667. The van der Waals surface area contributed by atoms with Crippen molar-refractivity contribution in [1.29, 1.82) is 0 Å². The van der Waals surface area contributed by atoms with E-state index < -0.39 is 0 Å². The number of aromatic nitrogens is 2. The van der Waals surface area contributed by atoms with E-state index in [-0.39, 0.29) is 0 Å². The predicted molar refractivity (Wildman–Crippen MR) is 75.3 cm³/mol. The number of benzene rings is 1. The summed E-state index contributed by atoms with van der Waals surface area (Å²) in [4.78, 5) is 0. The molecule has 0 amide bonds. The second-order valence-electron chi connectivity index (χ2n) is 3.79. The van der Waals surface area contributed by atoms with E-state index in [0.29, 0.717) is 12.4 Å². The number of nitrogens with zero attached hydrogens (tertiary/aromatic N) is 2. The van der Waals surface area contributed by atoms with Crippen molar-refractivity contribution in [2.24, 2.45) is 0 Å². The zero-order valence-electron chi connectivity index (χ0n) is 8.93. The first kappa shape index (κ1) is 10.8. The fourth-order valence-corrected chi connectivity index (χ4v) is 3.06. The normalized spacial score (nSPS) is 11.1. The first-order chi connectivity index (χ1) is 8.25. The van der Waals surface area contributed by atoms with Gasteiger partial charge in [0.15, 0.2) is 0 Å². The molecule has 0 aliphatic heterocycles. The Morgan fingerprint density at radius 2 is 2.18 bits per heavy atom. The van der Waals surface area contributed by atoms with Gasteiger partial charge in [-0.3, -0.25) is 0 Å². The Morgan fingerprint density at radius 3 is 2.94 bits per heavy atom. The molecule has 0 spiro atoms. The quantitative estimate of drug-likeness (QED) is 0.787. The number of anilines is 1. The molecule has 0 atom stereocenters. The summed E-state index contributed by atoms with van der Waals surface area (Å²) in [6.45, 7) is 0.710. The van der Waals surface area contributed by atoms with Crippen LogP contribution in [0.2, 0.25) is 0 Å². The van der Waals surface area contributed by atoms with Gasteiger partial charge >= 0.3 is 0 Å². The number of fused-ring (bicyclic) bond motifs is 1. The number of nitrogen functional groups attached to an aromatic ring is 1. The van der Waals surface area contributed by atoms with Crippen molar-refractivity contribution >= 4 is 43.2 Å². The summed E-state index contributed by atoms with van der Waals surface area (Å²) in [7, 11) is 0. The second-order valence-corrected chi connectivity index (χ2v) is 5.56. The molecule has 0 unspecified atom stereocenters. The molecule has 2 heterocycles. The van der Waals surface area contributed by atoms with E-state index in [2.05, 4.69) is 50.7 Å². The molecule has 1 aromatic carbocycles. The lowest BCUT2D eigenvalue weighted by atomic mass is 10.2. The maximum atomic E-state index is 5.92. The van der Waals surface area contributed by atoms with Crippen LogP contribution in [0.5, 0.6) is 0 Å². The number of rotatable bonds is 2. The van der Waals surface area contributed by atoms with Crippen molar-refractivity contribution in [3.05, 3.63) is 45.9 Å². The van der Waals surface area contributed by atoms with Gasteiger partial charge in [-0.05, 0) is 38.3 Å². The van der Waals surface area contributed by atoms with Crippen LogP contribution < -0.4 is 5.73 Å². The van der Waals surface area contributed by atoms with Gasteiger partial charge in [-0.1, -0.05) is 18.2 Å². The number of thiophene rings is 1. The van der Waals surface area contributed by atoms with E-state index in [1.807, 2.05) is 0 Å². The lowest BCUT2D eigenvalue weighted by Crippen LogP contribution is -2.05. The van der Waals surface area contributed by atoms with Crippen molar-refractivity contribution in [1.82, 2.24) is 9.78 Å². The van der Waals surface area contributed by atoms with Crippen molar-refractivity contribution in [3.63, 3.8) is 0 Å². The average molecular weight is 308 g/mol. The minimum absolute atomic E-state index is 0.667. The summed E-state index contributed by atoms with van der Waals surface area (Å²) in [5.74, 6) is 0.667. The van der Waals surface area contributed by atoms with Gasteiger partial charge in [0, 0.05) is 4.70 Å². The SMILES string of the molecule is Nc1c(Br)cnn1Cc1csc2ccccc12. The molecule has 0 bridgehead atoms. The molecule has 0 aliphatic carbocycles. The highest BCUT2D eigenvalue weighted by atomic mass is 79.9. The molecule has 3 nitrogen and oxygen atoms in total. The first-order valence-corrected chi connectivity index (χ1v) is 6.85. The van der Waals surface area contributed by atoms with Gasteiger partial charge in [-0.25, -0.2) is 4.68 Å². The van der Waals surface area contributed by atoms with Crippen LogP contribution in [0.3, 0.4) is 0 Å². The van der Waals surface area contributed by atoms with Crippen molar-refractivity contribution in [3.8, 4) is 0 Å². The Hall–Kier alpha value is -1.33. The highest BCUT2D eigenvalue weighted by molar-refractivity contribution is 9.10.